The summed E-state index contributed by atoms with van der Waals surface area (Å²) in [6, 6.07) is 4.60. The van der Waals surface area contributed by atoms with Crippen LogP contribution < -0.4 is 10.9 Å². The molecule has 1 amide bonds. The number of thioether (sulfide) groups is 1. The van der Waals surface area contributed by atoms with E-state index in [0.717, 1.165) is 5.56 Å². The van der Waals surface area contributed by atoms with Gasteiger partial charge in [-0.2, -0.15) is 0 Å². The van der Waals surface area contributed by atoms with Gasteiger partial charge in [0.05, 0.1) is 5.69 Å². The molecule has 0 saturated heterocycles. The van der Waals surface area contributed by atoms with Crippen molar-refractivity contribution < 1.29 is 9.18 Å². The maximum Gasteiger partial charge on any atom is 0.254 e. The lowest BCUT2D eigenvalue weighted by Gasteiger charge is -2.08. The van der Waals surface area contributed by atoms with Crippen LogP contribution in [0.3, 0.4) is 0 Å². The molecule has 0 aliphatic carbocycles. The Morgan fingerprint density at radius 1 is 1.39 bits per heavy atom. The van der Waals surface area contributed by atoms with Crippen LogP contribution in [0.1, 0.15) is 23.2 Å². The molecule has 23 heavy (non-hydrogen) atoms. The molecule has 0 spiro atoms. The first kappa shape index (κ1) is 17.2. The summed E-state index contributed by atoms with van der Waals surface area (Å²) in [7, 11) is 0. The van der Waals surface area contributed by atoms with Gasteiger partial charge in [-0.1, -0.05) is 17.8 Å². The zero-order valence-electron chi connectivity index (χ0n) is 13.2. The van der Waals surface area contributed by atoms with Gasteiger partial charge in [-0.3, -0.25) is 9.59 Å². The average Bonchev–Trinajstić information content (AvgIpc) is 2.49. The highest BCUT2D eigenvalue weighted by Gasteiger charge is 2.12. The highest BCUT2D eigenvalue weighted by Crippen LogP contribution is 2.16. The number of hydrogen-bond donors (Lipinski definition) is 2. The number of carbonyl (C=O) groups is 1. The third-order valence-corrected chi connectivity index (χ3v) is 3.97. The molecule has 1 aromatic heterocycles. The second kappa shape index (κ2) is 7.41. The van der Waals surface area contributed by atoms with Crippen LogP contribution in [-0.2, 0) is 11.2 Å². The van der Waals surface area contributed by atoms with E-state index in [0.29, 0.717) is 16.4 Å². The van der Waals surface area contributed by atoms with Crippen molar-refractivity contribution in [3.63, 3.8) is 0 Å². The van der Waals surface area contributed by atoms with Crippen molar-refractivity contribution in [3.05, 3.63) is 51.2 Å². The van der Waals surface area contributed by atoms with E-state index in [1.807, 2.05) is 6.26 Å². The number of aromatic nitrogens is 2. The zero-order chi connectivity index (χ0) is 17.0. The van der Waals surface area contributed by atoms with E-state index in [2.05, 4.69) is 15.3 Å². The molecule has 0 saturated carbocycles. The summed E-state index contributed by atoms with van der Waals surface area (Å²) in [6.45, 7) is 3.51. The molecule has 2 rings (SSSR count). The van der Waals surface area contributed by atoms with Gasteiger partial charge < -0.3 is 10.3 Å². The van der Waals surface area contributed by atoms with E-state index in [4.69, 9.17) is 0 Å². The third kappa shape index (κ3) is 4.41. The minimum atomic E-state index is -0.474. The predicted molar refractivity (Wildman–Crippen MR) is 89.5 cm³/mol. The van der Waals surface area contributed by atoms with Gasteiger partial charge in [0.15, 0.2) is 5.16 Å². The summed E-state index contributed by atoms with van der Waals surface area (Å²) < 4.78 is 13.7. The monoisotopic (exact) mass is 335 g/mol. The second-order valence-electron chi connectivity index (χ2n) is 5.17. The number of rotatable bonds is 5. The van der Waals surface area contributed by atoms with Crippen molar-refractivity contribution in [2.24, 2.45) is 0 Å². The number of hydrogen-bond acceptors (Lipinski definition) is 4. The molecule has 7 heteroatoms. The van der Waals surface area contributed by atoms with Crippen LogP contribution in [0, 0.1) is 19.7 Å². The summed E-state index contributed by atoms with van der Waals surface area (Å²) in [5, 5.41) is 3.06. The number of aromatic amines is 1. The fourth-order valence-corrected chi connectivity index (χ4v) is 2.57. The lowest BCUT2D eigenvalue weighted by Crippen LogP contribution is -2.20. The number of nitrogens with zero attached hydrogens (tertiary/aromatic N) is 1. The Hall–Kier alpha value is -2.15. The fraction of sp³-hybridized carbons (Fsp3) is 0.312. The minimum absolute atomic E-state index is 0.0809. The SMILES string of the molecule is CSc1nc(C)c(CCC(=O)Nc2ccc(C)cc2F)c(=O)[nH]1. The van der Waals surface area contributed by atoms with Gasteiger partial charge in [-0.25, -0.2) is 9.37 Å². The van der Waals surface area contributed by atoms with E-state index in [9.17, 15) is 14.0 Å². The van der Waals surface area contributed by atoms with E-state index < -0.39 is 5.82 Å². The molecule has 0 atom stereocenters. The molecular formula is C16H18FN3O2S. The van der Waals surface area contributed by atoms with E-state index in [1.54, 1.807) is 19.9 Å². The first-order chi connectivity index (χ1) is 10.9. The van der Waals surface area contributed by atoms with E-state index in [-0.39, 0.29) is 30.0 Å². The molecule has 0 aliphatic rings. The number of nitrogens with one attached hydrogen (secondary N) is 2. The lowest BCUT2D eigenvalue weighted by atomic mass is 10.1. The van der Waals surface area contributed by atoms with Gasteiger partial charge in [0.2, 0.25) is 5.91 Å². The van der Waals surface area contributed by atoms with Crippen molar-refractivity contribution in [1.82, 2.24) is 9.97 Å². The van der Waals surface area contributed by atoms with Gasteiger partial charge >= 0.3 is 0 Å². The van der Waals surface area contributed by atoms with E-state index >= 15 is 0 Å². The van der Waals surface area contributed by atoms with Crippen LogP contribution in [0.15, 0.2) is 28.2 Å². The highest BCUT2D eigenvalue weighted by molar-refractivity contribution is 7.98. The van der Waals surface area contributed by atoms with Gasteiger partial charge in [-0.15, -0.1) is 0 Å². The summed E-state index contributed by atoms with van der Waals surface area (Å²) in [5.41, 5.74) is 1.76. The molecule has 1 heterocycles. The number of halogens is 1. The molecule has 0 radical (unpaired) electrons. The van der Waals surface area contributed by atoms with Gasteiger partial charge in [0.25, 0.3) is 5.56 Å². The molecule has 2 aromatic rings. The topological polar surface area (TPSA) is 74.8 Å². The molecule has 0 fully saturated rings. The summed E-state index contributed by atoms with van der Waals surface area (Å²) in [6.07, 6.45) is 2.15. The number of benzene rings is 1. The Bertz CT molecular complexity index is 789. The largest absolute Gasteiger partial charge is 0.324 e. The normalized spacial score (nSPS) is 10.6. The molecule has 0 bridgehead atoms. The molecule has 0 unspecified atom stereocenters. The van der Waals surface area contributed by atoms with Gasteiger partial charge in [0.1, 0.15) is 5.82 Å². The Labute approximate surface area is 137 Å². The fourth-order valence-electron chi connectivity index (χ4n) is 2.15. The van der Waals surface area contributed by atoms with Crippen LogP contribution in [-0.4, -0.2) is 22.1 Å². The van der Waals surface area contributed by atoms with Crippen molar-refractivity contribution in [1.29, 1.82) is 0 Å². The van der Waals surface area contributed by atoms with Crippen molar-refractivity contribution in [2.75, 3.05) is 11.6 Å². The minimum Gasteiger partial charge on any atom is -0.324 e. The molecule has 0 aliphatic heterocycles. The number of H-pyrrole nitrogens is 1. The summed E-state index contributed by atoms with van der Waals surface area (Å²) >= 11 is 1.35. The highest BCUT2D eigenvalue weighted by atomic mass is 32.2. The number of amides is 1. The van der Waals surface area contributed by atoms with Crippen LogP contribution in [0.4, 0.5) is 10.1 Å². The van der Waals surface area contributed by atoms with Crippen molar-refractivity contribution in [2.45, 2.75) is 31.8 Å². The number of carbonyl (C=O) groups excluding carboxylic acids is 1. The smallest absolute Gasteiger partial charge is 0.254 e. The molecule has 1 aromatic carbocycles. The molecular weight excluding hydrogens is 317 g/mol. The average molecular weight is 335 g/mol. The molecule has 2 N–H and O–H groups in total. The zero-order valence-corrected chi connectivity index (χ0v) is 14.0. The Balaban J connectivity index is 2.03. The Morgan fingerprint density at radius 2 is 2.13 bits per heavy atom. The summed E-state index contributed by atoms with van der Waals surface area (Å²) in [4.78, 5) is 30.8. The van der Waals surface area contributed by atoms with Crippen molar-refractivity contribution >= 4 is 23.4 Å². The van der Waals surface area contributed by atoms with Gasteiger partial charge in [-0.05, 0) is 44.2 Å². The second-order valence-corrected chi connectivity index (χ2v) is 5.97. The van der Waals surface area contributed by atoms with Crippen LogP contribution in [0.2, 0.25) is 0 Å². The number of anilines is 1. The molecule has 122 valence electrons. The van der Waals surface area contributed by atoms with Gasteiger partial charge in [0, 0.05) is 17.7 Å². The Kier molecular flexibility index (Phi) is 5.54. The third-order valence-electron chi connectivity index (χ3n) is 3.39. The summed E-state index contributed by atoms with van der Waals surface area (Å²) in [5.74, 6) is -0.820. The standard InChI is InChI=1S/C16H18FN3O2S/c1-9-4-6-13(12(17)8-9)19-14(21)7-5-11-10(2)18-16(23-3)20-15(11)22/h4,6,8H,5,7H2,1-3H3,(H,19,21)(H,18,20,22). The van der Waals surface area contributed by atoms with Crippen LogP contribution in [0.25, 0.3) is 0 Å². The maximum atomic E-state index is 13.7. The number of aryl methyl sites for hydroxylation is 2. The van der Waals surface area contributed by atoms with Crippen LogP contribution >= 0.6 is 11.8 Å². The first-order valence-electron chi connectivity index (χ1n) is 7.10. The van der Waals surface area contributed by atoms with E-state index in [1.165, 1.54) is 23.9 Å². The first-order valence-corrected chi connectivity index (χ1v) is 8.33. The quantitative estimate of drug-likeness (QED) is 0.651. The molecule has 5 nitrogen and oxygen atoms in total. The Morgan fingerprint density at radius 3 is 2.74 bits per heavy atom. The lowest BCUT2D eigenvalue weighted by molar-refractivity contribution is -0.116. The maximum absolute atomic E-state index is 13.7. The predicted octanol–water partition coefficient (Wildman–Crippen LogP) is 2.82. The van der Waals surface area contributed by atoms with Crippen LogP contribution in [0.5, 0.6) is 0 Å². The van der Waals surface area contributed by atoms with Crippen molar-refractivity contribution in [3.8, 4) is 0 Å².